The van der Waals surface area contributed by atoms with Crippen molar-refractivity contribution in [2.75, 3.05) is 6.54 Å². The number of amides is 1. The van der Waals surface area contributed by atoms with Crippen molar-refractivity contribution < 1.29 is 23.5 Å². The Balaban J connectivity index is 3.36. The third-order valence-electron chi connectivity index (χ3n) is 4.36. The van der Waals surface area contributed by atoms with E-state index in [2.05, 4.69) is 5.32 Å². The van der Waals surface area contributed by atoms with Gasteiger partial charge in [-0.2, -0.15) is 0 Å². The monoisotopic (exact) mass is 385 g/mol. The van der Waals surface area contributed by atoms with Crippen LogP contribution in [0.3, 0.4) is 0 Å². The Hall–Kier alpha value is -1.90. The first-order valence-corrected chi connectivity index (χ1v) is 8.84. The van der Waals surface area contributed by atoms with E-state index in [9.17, 15) is 23.5 Å². The standard InChI is InChI=1S/C19H29F2N3O3/c1-12(2)9-15(24-13(3)25)16(26)18(23,17(27)19(20,21)11-22)10-14-7-5-4-6-8-14/h4-8,12,15,17,27H,9-11,22-23H2,1-3H3,(H,24,25)/t15-,17?,18?/m0/s1. The molecule has 0 saturated carbocycles. The molecule has 1 aromatic carbocycles. The number of nitrogens with two attached hydrogens (primary N) is 2. The van der Waals surface area contributed by atoms with Crippen molar-refractivity contribution in [2.24, 2.45) is 17.4 Å². The molecule has 0 aliphatic heterocycles. The summed E-state index contributed by atoms with van der Waals surface area (Å²) >= 11 is 0. The second kappa shape index (κ2) is 9.34. The van der Waals surface area contributed by atoms with Gasteiger partial charge in [0.25, 0.3) is 5.92 Å². The number of alkyl halides is 2. The molecular weight excluding hydrogens is 356 g/mol. The van der Waals surface area contributed by atoms with Gasteiger partial charge in [0.15, 0.2) is 5.78 Å². The quantitative estimate of drug-likeness (QED) is 0.479. The zero-order valence-electron chi connectivity index (χ0n) is 15.9. The average Bonchev–Trinajstić information content (AvgIpc) is 2.59. The molecule has 2 unspecified atom stereocenters. The summed E-state index contributed by atoms with van der Waals surface area (Å²) in [6.07, 6.45) is -2.63. The highest BCUT2D eigenvalue weighted by Gasteiger charge is 2.54. The van der Waals surface area contributed by atoms with E-state index in [1.165, 1.54) is 6.92 Å². The second-order valence-electron chi connectivity index (χ2n) is 7.32. The number of hydrogen-bond donors (Lipinski definition) is 4. The molecule has 1 rings (SSSR count). The van der Waals surface area contributed by atoms with Gasteiger partial charge in [-0.25, -0.2) is 8.78 Å². The minimum absolute atomic E-state index is 0.0149. The minimum atomic E-state index is -3.77. The molecule has 0 aliphatic rings. The van der Waals surface area contributed by atoms with E-state index in [4.69, 9.17) is 11.5 Å². The molecular formula is C19H29F2N3O3. The number of benzene rings is 1. The van der Waals surface area contributed by atoms with E-state index >= 15 is 0 Å². The Morgan fingerprint density at radius 1 is 1.22 bits per heavy atom. The number of carbonyl (C=O) groups excluding carboxylic acids is 2. The summed E-state index contributed by atoms with van der Waals surface area (Å²) in [5, 5.41) is 12.8. The van der Waals surface area contributed by atoms with Crippen LogP contribution < -0.4 is 16.8 Å². The van der Waals surface area contributed by atoms with Crippen LogP contribution in [0, 0.1) is 5.92 Å². The van der Waals surface area contributed by atoms with Crippen molar-refractivity contribution in [2.45, 2.75) is 57.2 Å². The number of Topliss-reactive ketones (excluding diaryl/α,β-unsaturated/α-hetero) is 1. The van der Waals surface area contributed by atoms with Crippen LogP contribution in [0.25, 0.3) is 0 Å². The van der Waals surface area contributed by atoms with E-state index in [-0.39, 0.29) is 18.8 Å². The van der Waals surface area contributed by atoms with Crippen molar-refractivity contribution >= 4 is 11.7 Å². The van der Waals surface area contributed by atoms with E-state index < -0.39 is 41.8 Å². The molecule has 1 amide bonds. The highest BCUT2D eigenvalue weighted by Crippen LogP contribution is 2.30. The van der Waals surface area contributed by atoms with E-state index in [0.717, 1.165) is 0 Å². The Morgan fingerprint density at radius 3 is 2.22 bits per heavy atom. The van der Waals surface area contributed by atoms with Crippen molar-refractivity contribution in [1.29, 1.82) is 0 Å². The van der Waals surface area contributed by atoms with Gasteiger partial charge in [0.2, 0.25) is 5.91 Å². The van der Waals surface area contributed by atoms with Crippen molar-refractivity contribution in [3.05, 3.63) is 35.9 Å². The highest BCUT2D eigenvalue weighted by molar-refractivity contribution is 5.96. The lowest BCUT2D eigenvalue weighted by Gasteiger charge is -2.39. The van der Waals surface area contributed by atoms with Crippen LogP contribution in [-0.2, 0) is 16.0 Å². The fourth-order valence-corrected chi connectivity index (χ4v) is 3.01. The summed E-state index contributed by atoms with van der Waals surface area (Å²) in [6.45, 7) is 3.70. The number of aliphatic hydroxyl groups is 1. The van der Waals surface area contributed by atoms with Crippen LogP contribution in [0.5, 0.6) is 0 Å². The molecule has 0 bridgehead atoms. The SMILES string of the molecule is CC(=O)N[C@@H](CC(C)C)C(=O)C(N)(Cc1ccccc1)C(O)C(F)(F)CN. The molecule has 0 heterocycles. The summed E-state index contributed by atoms with van der Waals surface area (Å²) in [6, 6.07) is 7.23. The molecule has 0 radical (unpaired) electrons. The highest BCUT2D eigenvalue weighted by atomic mass is 19.3. The molecule has 0 spiro atoms. The first-order chi connectivity index (χ1) is 12.4. The molecule has 27 heavy (non-hydrogen) atoms. The molecule has 8 heteroatoms. The zero-order valence-corrected chi connectivity index (χ0v) is 15.9. The Morgan fingerprint density at radius 2 is 1.78 bits per heavy atom. The molecule has 0 saturated heterocycles. The second-order valence-corrected chi connectivity index (χ2v) is 7.32. The van der Waals surface area contributed by atoms with Crippen LogP contribution in [0.4, 0.5) is 8.78 Å². The summed E-state index contributed by atoms with van der Waals surface area (Å²) in [5.41, 5.74) is 9.41. The van der Waals surface area contributed by atoms with Gasteiger partial charge in [-0.15, -0.1) is 0 Å². The number of nitrogens with one attached hydrogen (secondary N) is 1. The van der Waals surface area contributed by atoms with Gasteiger partial charge in [-0.1, -0.05) is 44.2 Å². The number of carbonyl (C=O) groups is 2. The third-order valence-corrected chi connectivity index (χ3v) is 4.36. The molecule has 3 atom stereocenters. The summed E-state index contributed by atoms with van der Waals surface area (Å²) in [5.74, 6) is -5.12. The van der Waals surface area contributed by atoms with Crippen LogP contribution >= 0.6 is 0 Å². The Labute approximate surface area is 158 Å². The van der Waals surface area contributed by atoms with Crippen LogP contribution in [0.15, 0.2) is 30.3 Å². The van der Waals surface area contributed by atoms with Gasteiger partial charge in [0.05, 0.1) is 12.6 Å². The molecule has 152 valence electrons. The summed E-state index contributed by atoms with van der Waals surface area (Å²) in [7, 11) is 0. The van der Waals surface area contributed by atoms with Gasteiger partial charge >= 0.3 is 0 Å². The lowest BCUT2D eigenvalue weighted by molar-refractivity contribution is -0.155. The average molecular weight is 385 g/mol. The lowest BCUT2D eigenvalue weighted by atomic mass is 9.76. The van der Waals surface area contributed by atoms with Crippen molar-refractivity contribution in [3.8, 4) is 0 Å². The van der Waals surface area contributed by atoms with Gasteiger partial charge < -0.3 is 21.9 Å². The fourth-order valence-electron chi connectivity index (χ4n) is 3.01. The Bertz CT molecular complexity index is 640. The third kappa shape index (κ3) is 6.05. The first kappa shape index (κ1) is 23.1. The molecule has 6 N–H and O–H groups in total. The zero-order chi connectivity index (χ0) is 20.8. The van der Waals surface area contributed by atoms with Gasteiger partial charge in [-0.3, -0.25) is 9.59 Å². The summed E-state index contributed by atoms with van der Waals surface area (Å²) < 4.78 is 28.4. The van der Waals surface area contributed by atoms with Crippen LogP contribution in [-0.4, -0.2) is 46.9 Å². The lowest BCUT2D eigenvalue weighted by Crippen LogP contribution is -2.69. The number of aliphatic hydroxyl groups excluding tert-OH is 1. The van der Waals surface area contributed by atoms with Gasteiger partial charge in [0.1, 0.15) is 11.6 Å². The van der Waals surface area contributed by atoms with Crippen LogP contribution in [0.1, 0.15) is 32.8 Å². The normalized spacial score (nSPS) is 16.5. The first-order valence-electron chi connectivity index (χ1n) is 8.84. The molecule has 1 aromatic rings. The maximum absolute atomic E-state index is 14.2. The Kier molecular flexibility index (Phi) is 8.01. The van der Waals surface area contributed by atoms with Crippen LogP contribution in [0.2, 0.25) is 0 Å². The largest absolute Gasteiger partial charge is 0.384 e. The maximum atomic E-state index is 14.2. The number of ketones is 1. The molecule has 0 aromatic heterocycles. The smallest absolute Gasteiger partial charge is 0.287 e. The minimum Gasteiger partial charge on any atom is -0.384 e. The molecule has 0 fully saturated rings. The predicted octanol–water partition coefficient (Wildman–Crippen LogP) is 1.00. The fraction of sp³-hybridized carbons (Fsp3) is 0.579. The van der Waals surface area contributed by atoms with Crippen molar-refractivity contribution in [1.82, 2.24) is 5.32 Å². The number of halogens is 2. The van der Waals surface area contributed by atoms with Gasteiger partial charge in [0, 0.05) is 13.3 Å². The summed E-state index contributed by atoms with van der Waals surface area (Å²) in [4.78, 5) is 24.7. The number of rotatable bonds is 10. The molecule has 0 aliphatic carbocycles. The van der Waals surface area contributed by atoms with E-state index in [0.29, 0.717) is 5.56 Å². The maximum Gasteiger partial charge on any atom is 0.287 e. The van der Waals surface area contributed by atoms with Crippen molar-refractivity contribution in [3.63, 3.8) is 0 Å². The predicted molar refractivity (Wildman–Crippen MR) is 99.1 cm³/mol. The van der Waals surface area contributed by atoms with E-state index in [1.54, 1.807) is 30.3 Å². The van der Waals surface area contributed by atoms with Gasteiger partial charge in [-0.05, 0) is 17.9 Å². The van der Waals surface area contributed by atoms with E-state index in [1.807, 2.05) is 13.8 Å². The topological polar surface area (TPSA) is 118 Å². The molecule has 6 nitrogen and oxygen atoms in total. The number of hydrogen-bond acceptors (Lipinski definition) is 5.